The summed E-state index contributed by atoms with van der Waals surface area (Å²) in [5.41, 5.74) is 4.73. The van der Waals surface area contributed by atoms with Crippen molar-refractivity contribution in [1.29, 1.82) is 0 Å². The number of nitrogens with zero attached hydrogens (tertiary/aromatic N) is 3. The van der Waals surface area contributed by atoms with Crippen molar-refractivity contribution in [2.75, 3.05) is 5.32 Å². The van der Waals surface area contributed by atoms with E-state index in [1.165, 1.54) is 13.1 Å². The maximum absolute atomic E-state index is 12.9. The molecule has 3 aromatic carbocycles. The van der Waals surface area contributed by atoms with Crippen LogP contribution in [0, 0.1) is 0 Å². The lowest BCUT2D eigenvalue weighted by molar-refractivity contribution is -0.123. The molecule has 0 aliphatic carbocycles. The Morgan fingerprint density at radius 3 is 2.03 bits per heavy atom. The van der Waals surface area contributed by atoms with E-state index in [1.807, 2.05) is 60.7 Å². The van der Waals surface area contributed by atoms with Crippen LogP contribution in [0.1, 0.15) is 17.3 Å². The van der Waals surface area contributed by atoms with Gasteiger partial charge >= 0.3 is 5.97 Å². The van der Waals surface area contributed by atoms with E-state index >= 15 is 0 Å². The van der Waals surface area contributed by atoms with Crippen LogP contribution in [0.15, 0.2) is 97.2 Å². The monoisotopic (exact) mass is 508 g/mol. The van der Waals surface area contributed by atoms with Crippen LogP contribution in [-0.2, 0) is 9.53 Å². The number of carbonyl (C=O) groups excluding carboxylic acids is 2. The van der Waals surface area contributed by atoms with Crippen LogP contribution in [0.4, 0.5) is 5.82 Å². The molecule has 5 rings (SSSR count). The number of amides is 1. The normalized spacial score (nSPS) is 11.6. The Labute approximate surface area is 218 Å². The molecule has 182 valence electrons. The SMILES string of the molecule is CC(OC(=O)c1ccc2nc(-c3ccccc3)c(-c3ccccc3)nc2c1)C(=O)Nc1ccc(Cl)cn1. The van der Waals surface area contributed by atoms with Crippen LogP contribution >= 0.6 is 11.6 Å². The minimum absolute atomic E-state index is 0.262. The first-order valence-corrected chi connectivity index (χ1v) is 11.9. The van der Waals surface area contributed by atoms with E-state index in [4.69, 9.17) is 26.3 Å². The molecule has 0 radical (unpaired) electrons. The zero-order chi connectivity index (χ0) is 25.8. The molecular weight excluding hydrogens is 488 g/mol. The standard InChI is InChI=1S/C29H21ClN4O3/c1-18(28(35)34-25-15-13-22(30)17-31-25)37-29(36)21-12-14-23-24(16-21)33-27(20-10-6-3-7-11-20)26(32-23)19-8-4-2-5-9-19/h2-18H,1H3,(H,31,34,35). The second-order valence-electron chi connectivity index (χ2n) is 8.25. The van der Waals surface area contributed by atoms with Crippen LogP contribution in [0.5, 0.6) is 0 Å². The average Bonchev–Trinajstić information content (AvgIpc) is 2.94. The highest BCUT2D eigenvalue weighted by Crippen LogP contribution is 2.31. The summed E-state index contributed by atoms with van der Waals surface area (Å²) in [7, 11) is 0. The topological polar surface area (TPSA) is 94.1 Å². The molecule has 2 aromatic heterocycles. The number of nitrogens with one attached hydrogen (secondary N) is 1. The molecule has 0 bridgehead atoms. The first kappa shape index (κ1) is 24.1. The number of anilines is 1. The van der Waals surface area contributed by atoms with E-state index < -0.39 is 18.0 Å². The minimum Gasteiger partial charge on any atom is -0.449 e. The van der Waals surface area contributed by atoms with Gasteiger partial charge < -0.3 is 10.1 Å². The Kier molecular flexibility index (Phi) is 6.87. The van der Waals surface area contributed by atoms with Crippen molar-refractivity contribution in [3.63, 3.8) is 0 Å². The van der Waals surface area contributed by atoms with Gasteiger partial charge in [-0.15, -0.1) is 0 Å². The first-order chi connectivity index (χ1) is 18.0. The summed E-state index contributed by atoms with van der Waals surface area (Å²) in [5, 5.41) is 3.04. The van der Waals surface area contributed by atoms with Gasteiger partial charge in [0.2, 0.25) is 0 Å². The summed E-state index contributed by atoms with van der Waals surface area (Å²) >= 11 is 5.82. The van der Waals surface area contributed by atoms with Crippen LogP contribution in [0.25, 0.3) is 33.5 Å². The molecule has 0 saturated carbocycles. The maximum atomic E-state index is 12.9. The number of benzene rings is 3. The number of fused-ring (bicyclic) bond motifs is 1. The predicted molar refractivity (Wildman–Crippen MR) is 143 cm³/mol. The molecule has 0 aliphatic rings. The molecular formula is C29H21ClN4O3. The van der Waals surface area contributed by atoms with Crippen molar-refractivity contribution < 1.29 is 14.3 Å². The van der Waals surface area contributed by atoms with Gasteiger partial charge in [0.1, 0.15) is 5.82 Å². The summed E-state index contributed by atoms with van der Waals surface area (Å²) < 4.78 is 5.40. The third-order valence-corrected chi connectivity index (χ3v) is 5.85. The molecule has 0 spiro atoms. The third-order valence-electron chi connectivity index (χ3n) is 5.63. The zero-order valence-electron chi connectivity index (χ0n) is 19.8. The van der Waals surface area contributed by atoms with Crippen LogP contribution in [0.2, 0.25) is 5.02 Å². The number of carbonyl (C=O) groups is 2. The molecule has 5 aromatic rings. The van der Waals surface area contributed by atoms with E-state index in [0.717, 1.165) is 16.8 Å². The minimum atomic E-state index is -1.05. The van der Waals surface area contributed by atoms with Crippen molar-refractivity contribution in [3.05, 3.63) is 108 Å². The summed E-state index contributed by atoms with van der Waals surface area (Å²) in [5.74, 6) is -0.854. The van der Waals surface area contributed by atoms with Crippen molar-refractivity contribution in [2.24, 2.45) is 0 Å². The lowest BCUT2D eigenvalue weighted by atomic mass is 10.0. The molecule has 1 unspecified atom stereocenters. The smallest absolute Gasteiger partial charge is 0.338 e. The number of rotatable bonds is 6. The Morgan fingerprint density at radius 1 is 0.811 bits per heavy atom. The van der Waals surface area contributed by atoms with Gasteiger partial charge in [0.25, 0.3) is 5.91 Å². The molecule has 2 heterocycles. The number of hydrogen-bond donors (Lipinski definition) is 1. The highest BCUT2D eigenvalue weighted by atomic mass is 35.5. The van der Waals surface area contributed by atoms with E-state index in [0.29, 0.717) is 27.6 Å². The summed E-state index contributed by atoms with van der Waals surface area (Å²) in [6.45, 7) is 1.49. The lowest BCUT2D eigenvalue weighted by Gasteiger charge is -2.14. The van der Waals surface area contributed by atoms with Crippen molar-refractivity contribution in [3.8, 4) is 22.5 Å². The molecule has 0 aliphatic heterocycles. The largest absolute Gasteiger partial charge is 0.449 e. The van der Waals surface area contributed by atoms with Gasteiger partial charge in [0.05, 0.1) is 33.0 Å². The quantitative estimate of drug-likeness (QED) is 0.274. The van der Waals surface area contributed by atoms with E-state index in [1.54, 1.807) is 30.3 Å². The highest BCUT2D eigenvalue weighted by molar-refractivity contribution is 6.30. The van der Waals surface area contributed by atoms with Gasteiger partial charge in [-0.25, -0.2) is 19.7 Å². The van der Waals surface area contributed by atoms with Gasteiger partial charge in [-0.3, -0.25) is 4.79 Å². The molecule has 1 N–H and O–H groups in total. The Balaban J connectivity index is 1.42. The van der Waals surface area contributed by atoms with E-state index in [-0.39, 0.29) is 5.56 Å². The molecule has 0 saturated heterocycles. The fourth-order valence-electron chi connectivity index (χ4n) is 3.74. The van der Waals surface area contributed by atoms with Crippen molar-refractivity contribution in [1.82, 2.24) is 15.0 Å². The number of ether oxygens (including phenoxy) is 1. The number of esters is 1. The number of halogens is 1. The van der Waals surface area contributed by atoms with Crippen molar-refractivity contribution in [2.45, 2.75) is 13.0 Å². The Morgan fingerprint density at radius 2 is 1.43 bits per heavy atom. The van der Waals surface area contributed by atoms with Gasteiger partial charge in [0, 0.05) is 17.3 Å². The van der Waals surface area contributed by atoms with Crippen LogP contribution in [0.3, 0.4) is 0 Å². The summed E-state index contributed by atoms with van der Waals surface area (Å²) in [6, 6.07) is 27.7. The first-order valence-electron chi connectivity index (χ1n) is 11.5. The van der Waals surface area contributed by atoms with Crippen LogP contribution in [-0.4, -0.2) is 32.9 Å². The molecule has 8 heteroatoms. The lowest BCUT2D eigenvalue weighted by Crippen LogP contribution is -2.30. The second-order valence-corrected chi connectivity index (χ2v) is 8.69. The summed E-state index contributed by atoms with van der Waals surface area (Å²) in [4.78, 5) is 39.1. The average molecular weight is 509 g/mol. The Bertz CT molecular complexity index is 1580. The van der Waals surface area contributed by atoms with Gasteiger partial charge in [-0.05, 0) is 37.3 Å². The van der Waals surface area contributed by atoms with Crippen molar-refractivity contribution >= 4 is 40.3 Å². The maximum Gasteiger partial charge on any atom is 0.338 e. The summed E-state index contributed by atoms with van der Waals surface area (Å²) in [6.07, 6.45) is 0.365. The number of hydrogen-bond acceptors (Lipinski definition) is 6. The van der Waals surface area contributed by atoms with E-state index in [2.05, 4.69) is 10.3 Å². The van der Waals surface area contributed by atoms with Crippen LogP contribution < -0.4 is 5.32 Å². The third kappa shape index (κ3) is 5.47. The predicted octanol–water partition coefficient (Wildman–Crippen LogP) is 6.20. The molecule has 0 fully saturated rings. The second kappa shape index (κ2) is 10.6. The fourth-order valence-corrected chi connectivity index (χ4v) is 3.85. The Hall–Kier alpha value is -4.62. The highest BCUT2D eigenvalue weighted by Gasteiger charge is 2.21. The zero-order valence-corrected chi connectivity index (χ0v) is 20.5. The van der Waals surface area contributed by atoms with Gasteiger partial charge in [0.15, 0.2) is 6.10 Å². The molecule has 37 heavy (non-hydrogen) atoms. The molecule has 7 nitrogen and oxygen atoms in total. The molecule has 1 amide bonds. The fraction of sp³-hybridized carbons (Fsp3) is 0.0690. The number of aromatic nitrogens is 3. The van der Waals surface area contributed by atoms with E-state index in [9.17, 15) is 9.59 Å². The van der Waals surface area contributed by atoms with Gasteiger partial charge in [-0.2, -0.15) is 0 Å². The molecule has 1 atom stereocenters. The number of pyridine rings is 1. The van der Waals surface area contributed by atoms with Gasteiger partial charge in [-0.1, -0.05) is 72.3 Å².